The van der Waals surface area contributed by atoms with Gasteiger partial charge in [-0.25, -0.2) is 8.42 Å². The van der Waals surface area contributed by atoms with Gasteiger partial charge in [-0.1, -0.05) is 6.92 Å². The van der Waals surface area contributed by atoms with Gasteiger partial charge in [-0.15, -0.1) is 0 Å². The first-order valence-corrected chi connectivity index (χ1v) is 8.71. The lowest BCUT2D eigenvalue weighted by molar-refractivity contribution is 0.285. The number of hydrogen-bond acceptors (Lipinski definition) is 4. The Morgan fingerprint density at radius 1 is 1.42 bits per heavy atom. The average molecular weight is 285 g/mol. The Morgan fingerprint density at radius 2 is 2.16 bits per heavy atom. The minimum absolute atomic E-state index is 0.148. The minimum Gasteiger partial charge on any atom is -0.316 e. The van der Waals surface area contributed by atoms with Crippen LogP contribution >= 0.6 is 0 Å². The first-order chi connectivity index (χ1) is 9.09. The van der Waals surface area contributed by atoms with Crippen LogP contribution in [0, 0.1) is 17.2 Å². The van der Waals surface area contributed by atoms with E-state index < -0.39 is 15.3 Å². The molecule has 0 aromatic rings. The molecule has 2 aliphatic rings. The number of nitriles is 1. The van der Waals surface area contributed by atoms with Gasteiger partial charge in [0.2, 0.25) is 10.0 Å². The van der Waals surface area contributed by atoms with E-state index in [9.17, 15) is 8.42 Å². The van der Waals surface area contributed by atoms with Gasteiger partial charge in [0.05, 0.1) is 6.07 Å². The van der Waals surface area contributed by atoms with Gasteiger partial charge in [-0.2, -0.15) is 9.57 Å². The van der Waals surface area contributed by atoms with Crippen molar-refractivity contribution >= 4 is 10.0 Å². The maximum absolute atomic E-state index is 12.5. The second kappa shape index (κ2) is 6.21. The van der Waals surface area contributed by atoms with Crippen molar-refractivity contribution in [1.82, 2.24) is 9.62 Å². The summed E-state index contributed by atoms with van der Waals surface area (Å²) < 4.78 is 26.7. The van der Waals surface area contributed by atoms with Crippen LogP contribution < -0.4 is 5.32 Å². The van der Waals surface area contributed by atoms with Crippen LogP contribution in [0.5, 0.6) is 0 Å². The predicted octanol–water partition coefficient (Wildman–Crippen LogP) is 1.08. The average Bonchev–Trinajstić information content (AvgIpc) is 3.22. The van der Waals surface area contributed by atoms with Crippen LogP contribution in [0.1, 0.15) is 39.0 Å². The maximum Gasteiger partial charge on any atom is 0.230 e. The molecule has 2 fully saturated rings. The van der Waals surface area contributed by atoms with Crippen molar-refractivity contribution < 1.29 is 8.42 Å². The van der Waals surface area contributed by atoms with Crippen LogP contribution in [0.25, 0.3) is 0 Å². The maximum atomic E-state index is 12.5. The van der Waals surface area contributed by atoms with Crippen molar-refractivity contribution in [3.05, 3.63) is 0 Å². The molecule has 108 valence electrons. The molecule has 0 spiro atoms. The Labute approximate surface area is 116 Å². The minimum atomic E-state index is -3.45. The fourth-order valence-corrected chi connectivity index (χ4v) is 4.62. The number of nitrogens with zero attached hydrogens (tertiary/aromatic N) is 2. The van der Waals surface area contributed by atoms with Crippen LogP contribution in [-0.4, -0.2) is 43.6 Å². The normalized spacial score (nSPS) is 26.1. The van der Waals surface area contributed by atoms with Gasteiger partial charge in [0.1, 0.15) is 0 Å². The standard InChI is InChI=1S/C13H23N3O2S/c1-2-13(8-14)19(17,18)16(12-5-6-12)10-11-4-3-7-15-9-11/h11-13,15H,2-7,9-10H2,1H3. The molecule has 2 rings (SSSR count). The number of nitrogens with one attached hydrogen (secondary N) is 1. The summed E-state index contributed by atoms with van der Waals surface area (Å²) in [6, 6.07) is 2.09. The Bertz CT molecular complexity index is 433. The monoisotopic (exact) mass is 285 g/mol. The molecule has 2 atom stereocenters. The highest BCUT2D eigenvalue weighted by Gasteiger charge is 2.41. The third-order valence-corrected chi connectivity index (χ3v) is 6.25. The second-order valence-corrected chi connectivity index (χ2v) is 7.65. The molecule has 1 aliphatic heterocycles. The third kappa shape index (κ3) is 3.47. The van der Waals surface area contributed by atoms with Gasteiger partial charge in [0.25, 0.3) is 0 Å². The van der Waals surface area contributed by atoms with Gasteiger partial charge in [-0.05, 0) is 51.1 Å². The highest BCUT2D eigenvalue weighted by Crippen LogP contribution is 2.32. The molecule has 0 aromatic heterocycles. The number of rotatable bonds is 6. The molecule has 0 bridgehead atoms. The molecule has 5 nitrogen and oxygen atoms in total. The van der Waals surface area contributed by atoms with E-state index in [4.69, 9.17) is 5.26 Å². The van der Waals surface area contributed by atoms with E-state index in [1.54, 1.807) is 11.2 Å². The summed E-state index contributed by atoms with van der Waals surface area (Å²) in [5.41, 5.74) is 0. The molecule has 19 heavy (non-hydrogen) atoms. The zero-order valence-corrected chi connectivity index (χ0v) is 12.3. The molecule has 6 heteroatoms. The lowest BCUT2D eigenvalue weighted by atomic mass is 10.00. The van der Waals surface area contributed by atoms with Gasteiger partial charge in [-0.3, -0.25) is 0 Å². The van der Waals surface area contributed by atoms with Gasteiger partial charge >= 0.3 is 0 Å². The van der Waals surface area contributed by atoms with E-state index in [-0.39, 0.29) is 6.04 Å². The molecule has 1 heterocycles. The Balaban J connectivity index is 2.09. The zero-order chi connectivity index (χ0) is 13.9. The molecule has 1 aliphatic carbocycles. The van der Waals surface area contributed by atoms with Crippen molar-refractivity contribution in [2.24, 2.45) is 5.92 Å². The topological polar surface area (TPSA) is 73.2 Å². The van der Waals surface area contributed by atoms with E-state index in [1.165, 1.54) is 0 Å². The molecule has 2 unspecified atom stereocenters. The summed E-state index contributed by atoms with van der Waals surface area (Å²) in [4.78, 5) is 0. The lowest BCUT2D eigenvalue weighted by Gasteiger charge is -2.30. The van der Waals surface area contributed by atoms with E-state index in [0.717, 1.165) is 38.8 Å². The van der Waals surface area contributed by atoms with E-state index >= 15 is 0 Å². The van der Waals surface area contributed by atoms with Crippen molar-refractivity contribution in [2.75, 3.05) is 19.6 Å². The van der Waals surface area contributed by atoms with Crippen molar-refractivity contribution in [2.45, 2.75) is 50.3 Å². The Morgan fingerprint density at radius 3 is 2.63 bits per heavy atom. The van der Waals surface area contributed by atoms with Gasteiger partial charge < -0.3 is 5.32 Å². The van der Waals surface area contributed by atoms with E-state index in [1.807, 2.05) is 6.07 Å². The molecular weight excluding hydrogens is 262 g/mol. The summed E-state index contributed by atoms with van der Waals surface area (Å²) in [6.45, 7) is 4.27. The summed E-state index contributed by atoms with van der Waals surface area (Å²) in [5, 5.41) is 11.5. The highest BCUT2D eigenvalue weighted by molar-refractivity contribution is 7.90. The fourth-order valence-electron chi connectivity index (χ4n) is 2.69. The first kappa shape index (κ1) is 14.8. The van der Waals surface area contributed by atoms with Crippen molar-refractivity contribution in [3.8, 4) is 6.07 Å². The van der Waals surface area contributed by atoms with Crippen molar-refractivity contribution in [1.29, 1.82) is 5.26 Å². The number of sulfonamides is 1. The van der Waals surface area contributed by atoms with Crippen molar-refractivity contribution in [3.63, 3.8) is 0 Å². The molecule has 0 radical (unpaired) electrons. The molecule has 1 N–H and O–H groups in total. The number of hydrogen-bond donors (Lipinski definition) is 1. The van der Waals surface area contributed by atoms with Crippen LogP contribution in [0.3, 0.4) is 0 Å². The Hall–Kier alpha value is -0.640. The highest BCUT2D eigenvalue weighted by atomic mass is 32.2. The first-order valence-electron chi connectivity index (χ1n) is 7.20. The predicted molar refractivity (Wildman–Crippen MR) is 73.9 cm³/mol. The molecular formula is C13H23N3O2S. The van der Waals surface area contributed by atoms with Gasteiger partial charge in [0.15, 0.2) is 5.25 Å². The summed E-state index contributed by atoms with van der Waals surface area (Å²) in [6.07, 6.45) is 4.45. The van der Waals surface area contributed by atoms with E-state index in [0.29, 0.717) is 18.9 Å². The lowest BCUT2D eigenvalue weighted by Crippen LogP contribution is -2.45. The number of piperidine rings is 1. The molecule has 0 aromatic carbocycles. The van der Waals surface area contributed by atoms with Crippen LogP contribution in [-0.2, 0) is 10.0 Å². The van der Waals surface area contributed by atoms with Crippen LogP contribution in [0.4, 0.5) is 0 Å². The summed E-state index contributed by atoms with van der Waals surface area (Å²) in [5.74, 6) is 0.389. The molecule has 1 saturated heterocycles. The molecule has 0 amide bonds. The molecule has 1 saturated carbocycles. The quantitative estimate of drug-likeness (QED) is 0.792. The Kier molecular flexibility index (Phi) is 4.82. The van der Waals surface area contributed by atoms with Crippen LogP contribution in [0.15, 0.2) is 0 Å². The SMILES string of the molecule is CCC(C#N)S(=O)(=O)N(CC1CCCNC1)C1CC1. The summed E-state index contributed by atoms with van der Waals surface area (Å²) >= 11 is 0. The zero-order valence-electron chi connectivity index (χ0n) is 11.5. The second-order valence-electron chi connectivity index (χ2n) is 5.58. The van der Waals surface area contributed by atoms with E-state index in [2.05, 4.69) is 5.32 Å². The van der Waals surface area contributed by atoms with Crippen LogP contribution in [0.2, 0.25) is 0 Å². The largest absolute Gasteiger partial charge is 0.316 e. The fraction of sp³-hybridized carbons (Fsp3) is 0.923. The smallest absolute Gasteiger partial charge is 0.230 e. The van der Waals surface area contributed by atoms with Gasteiger partial charge in [0, 0.05) is 12.6 Å². The third-order valence-electron chi connectivity index (χ3n) is 3.99. The summed E-state index contributed by atoms with van der Waals surface area (Å²) in [7, 11) is -3.45.